The first-order valence-electron chi connectivity index (χ1n) is 9.57. The van der Waals surface area contributed by atoms with Crippen LogP contribution in [0.25, 0.3) is 0 Å². The van der Waals surface area contributed by atoms with Gasteiger partial charge in [0.1, 0.15) is 5.75 Å². The second-order valence-corrected chi connectivity index (χ2v) is 8.25. The molecular formula is C20H27N3O4S. The van der Waals surface area contributed by atoms with Gasteiger partial charge in [-0.1, -0.05) is 12.1 Å². The molecule has 1 aromatic carbocycles. The first kappa shape index (κ1) is 20.5. The third-order valence-corrected chi connectivity index (χ3v) is 6.08. The fourth-order valence-corrected chi connectivity index (χ4v) is 4.27. The van der Waals surface area contributed by atoms with Crippen molar-refractivity contribution in [2.45, 2.75) is 38.0 Å². The van der Waals surface area contributed by atoms with E-state index in [-0.39, 0.29) is 17.7 Å². The Morgan fingerprint density at radius 1 is 1.14 bits per heavy atom. The van der Waals surface area contributed by atoms with E-state index in [2.05, 4.69) is 5.32 Å². The number of ether oxygens (including phenoxy) is 1. The summed E-state index contributed by atoms with van der Waals surface area (Å²) in [5.41, 5.74) is 0.485. The molecule has 1 N–H and O–H groups in total. The van der Waals surface area contributed by atoms with Gasteiger partial charge in [-0.25, -0.2) is 0 Å². The fourth-order valence-electron chi connectivity index (χ4n) is 3.50. The first-order valence-corrected chi connectivity index (χ1v) is 10.7. The smallest absolute Gasteiger partial charge is 0.251 e. The van der Waals surface area contributed by atoms with Gasteiger partial charge in [0.15, 0.2) is 0 Å². The summed E-state index contributed by atoms with van der Waals surface area (Å²) in [5, 5.41) is 5.96. The zero-order chi connectivity index (χ0) is 20.1. The Balaban J connectivity index is 1.59. The van der Waals surface area contributed by atoms with Crippen LogP contribution in [0.3, 0.4) is 0 Å². The number of hydrogen-bond acceptors (Lipinski definition) is 5. The van der Waals surface area contributed by atoms with Crippen LogP contribution in [0.1, 0.15) is 38.2 Å². The van der Waals surface area contributed by atoms with E-state index in [0.717, 1.165) is 30.6 Å². The Kier molecular flexibility index (Phi) is 6.49. The van der Waals surface area contributed by atoms with E-state index in [1.807, 2.05) is 24.3 Å². The average Bonchev–Trinajstić information content (AvgIpc) is 3.36. The number of nitrogens with one attached hydrogen (secondary N) is 1. The highest BCUT2D eigenvalue weighted by Crippen LogP contribution is 2.50. The minimum absolute atomic E-state index is 0.0226. The lowest BCUT2D eigenvalue weighted by molar-refractivity contribution is -0.159. The number of amides is 3. The van der Waals surface area contributed by atoms with Crippen molar-refractivity contribution < 1.29 is 19.1 Å². The second kappa shape index (κ2) is 8.86. The molecule has 1 aromatic rings. The molecule has 0 spiro atoms. The molecule has 7 nitrogen and oxygen atoms in total. The van der Waals surface area contributed by atoms with Gasteiger partial charge >= 0.3 is 0 Å². The van der Waals surface area contributed by atoms with Crippen molar-refractivity contribution in [1.29, 1.82) is 0 Å². The number of hydrazine groups is 1. The molecule has 2 aliphatic rings. The van der Waals surface area contributed by atoms with Crippen molar-refractivity contribution in [3.8, 4) is 5.75 Å². The summed E-state index contributed by atoms with van der Waals surface area (Å²) in [6.45, 7) is 2.64. The third-order valence-electron chi connectivity index (χ3n) is 5.24. The molecule has 1 aliphatic heterocycles. The summed E-state index contributed by atoms with van der Waals surface area (Å²) in [7, 11) is 1.62. The predicted molar refractivity (Wildman–Crippen MR) is 108 cm³/mol. The molecule has 0 aromatic heterocycles. The highest BCUT2D eigenvalue weighted by molar-refractivity contribution is 7.99. The summed E-state index contributed by atoms with van der Waals surface area (Å²) in [5.74, 6) is 1.78. The minimum atomic E-state index is -0.505. The van der Waals surface area contributed by atoms with Crippen molar-refractivity contribution in [1.82, 2.24) is 15.3 Å². The van der Waals surface area contributed by atoms with Crippen LogP contribution in [0.5, 0.6) is 5.75 Å². The molecule has 8 heteroatoms. The Morgan fingerprint density at radius 2 is 1.82 bits per heavy atom. The minimum Gasteiger partial charge on any atom is -0.497 e. The number of carbonyl (C=O) groups excluding carboxylic acids is 3. The first-order chi connectivity index (χ1) is 13.5. The Morgan fingerprint density at radius 3 is 2.43 bits per heavy atom. The molecule has 0 unspecified atom stereocenters. The maximum absolute atomic E-state index is 13.3. The molecule has 3 amide bonds. The van der Waals surface area contributed by atoms with E-state index in [9.17, 15) is 14.4 Å². The molecule has 152 valence electrons. The Bertz CT molecular complexity index is 733. The number of carbonyl (C=O) groups is 3. The molecule has 1 saturated carbocycles. The van der Waals surface area contributed by atoms with Gasteiger partial charge in [0.25, 0.3) is 5.91 Å². The van der Waals surface area contributed by atoms with Crippen LogP contribution in [-0.4, -0.2) is 59.6 Å². The van der Waals surface area contributed by atoms with Crippen molar-refractivity contribution in [3.05, 3.63) is 29.8 Å². The second-order valence-electron chi connectivity index (χ2n) is 7.14. The summed E-state index contributed by atoms with van der Waals surface area (Å²) in [6.07, 6.45) is 2.77. The third kappa shape index (κ3) is 4.43. The van der Waals surface area contributed by atoms with Gasteiger partial charge < -0.3 is 10.1 Å². The molecule has 28 heavy (non-hydrogen) atoms. The van der Waals surface area contributed by atoms with E-state index in [1.165, 1.54) is 18.7 Å². The van der Waals surface area contributed by atoms with Crippen LogP contribution in [0.15, 0.2) is 24.3 Å². The van der Waals surface area contributed by atoms with Crippen LogP contribution < -0.4 is 10.1 Å². The number of thioether (sulfide) groups is 1. The molecule has 2 fully saturated rings. The van der Waals surface area contributed by atoms with E-state index in [4.69, 9.17) is 4.74 Å². The Hall–Kier alpha value is -2.22. The monoisotopic (exact) mass is 405 g/mol. The maximum Gasteiger partial charge on any atom is 0.251 e. The molecule has 1 saturated heterocycles. The van der Waals surface area contributed by atoms with Crippen LogP contribution in [0, 0.1) is 0 Å². The van der Waals surface area contributed by atoms with Gasteiger partial charge in [-0.3, -0.25) is 24.4 Å². The van der Waals surface area contributed by atoms with Gasteiger partial charge in [0, 0.05) is 32.2 Å². The zero-order valence-electron chi connectivity index (χ0n) is 16.4. The topological polar surface area (TPSA) is 79.0 Å². The highest BCUT2D eigenvalue weighted by Gasteiger charge is 2.54. The lowest BCUT2D eigenvalue weighted by Gasteiger charge is -2.31. The summed E-state index contributed by atoms with van der Waals surface area (Å²) in [6, 6.07) is 7.65. The number of rotatable bonds is 8. The lowest BCUT2D eigenvalue weighted by Crippen LogP contribution is -2.49. The normalized spacial score (nSPS) is 17.4. The molecule has 0 atom stereocenters. The Labute approximate surface area is 169 Å². The van der Waals surface area contributed by atoms with Crippen LogP contribution in [0.4, 0.5) is 0 Å². The van der Waals surface area contributed by atoms with E-state index in [1.54, 1.807) is 17.1 Å². The molecule has 3 rings (SSSR count). The van der Waals surface area contributed by atoms with Crippen LogP contribution >= 0.6 is 11.8 Å². The molecule has 0 radical (unpaired) electrons. The van der Waals surface area contributed by atoms with Crippen molar-refractivity contribution in [2.24, 2.45) is 0 Å². The number of hydrogen-bond donors (Lipinski definition) is 1. The average molecular weight is 406 g/mol. The van der Waals surface area contributed by atoms with Crippen LogP contribution in [0.2, 0.25) is 0 Å². The van der Waals surface area contributed by atoms with E-state index < -0.39 is 5.41 Å². The molecule has 1 heterocycles. The largest absolute Gasteiger partial charge is 0.497 e. The SMILES string of the molecule is COc1ccc(C2(C(=O)N3CCCN3C(=O)CCSCNC(C)=O)CC2)cc1. The summed E-state index contributed by atoms with van der Waals surface area (Å²) in [4.78, 5) is 36.8. The van der Waals surface area contributed by atoms with Crippen molar-refractivity contribution in [3.63, 3.8) is 0 Å². The van der Waals surface area contributed by atoms with E-state index >= 15 is 0 Å². The van der Waals surface area contributed by atoms with Gasteiger partial charge in [0.2, 0.25) is 11.8 Å². The van der Waals surface area contributed by atoms with E-state index in [0.29, 0.717) is 31.1 Å². The molecular weight excluding hydrogens is 378 g/mol. The highest BCUT2D eigenvalue weighted by atomic mass is 32.2. The van der Waals surface area contributed by atoms with Gasteiger partial charge in [-0.05, 0) is 37.0 Å². The summed E-state index contributed by atoms with van der Waals surface area (Å²) < 4.78 is 5.21. The molecule has 0 bridgehead atoms. The number of nitrogens with zero attached hydrogens (tertiary/aromatic N) is 2. The quantitative estimate of drug-likeness (QED) is 0.528. The van der Waals surface area contributed by atoms with Crippen molar-refractivity contribution >= 4 is 29.5 Å². The standard InChI is InChI=1S/C20H27N3O4S/c1-15(24)21-14-28-13-8-18(25)22-11-3-12-23(22)19(26)20(9-10-20)16-4-6-17(27-2)7-5-16/h4-7H,3,8-14H2,1-2H3,(H,21,24). The van der Waals surface area contributed by atoms with Crippen molar-refractivity contribution in [2.75, 3.05) is 31.8 Å². The number of benzene rings is 1. The van der Waals surface area contributed by atoms with Crippen LogP contribution in [-0.2, 0) is 19.8 Å². The zero-order valence-corrected chi connectivity index (χ0v) is 17.2. The molecule has 1 aliphatic carbocycles. The fraction of sp³-hybridized carbons (Fsp3) is 0.550. The van der Waals surface area contributed by atoms with Gasteiger partial charge in [-0.15, -0.1) is 11.8 Å². The lowest BCUT2D eigenvalue weighted by atomic mass is 9.94. The number of methoxy groups -OCH3 is 1. The predicted octanol–water partition coefficient (Wildman–Crippen LogP) is 1.92. The maximum atomic E-state index is 13.3. The van der Waals surface area contributed by atoms with Gasteiger partial charge in [-0.2, -0.15) is 0 Å². The van der Waals surface area contributed by atoms with Gasteiger partial charge in [0.05, 0.1) is 18.4 Å². The summed E-state index contributed by atoms with van der Waals surface area (Å²) >= 11 is 1.50.